The first-order chi connectivity index (χ1) is 12.1. The standard InChI is InChI=1S/C18H14Cl2N4O/c19-14-8-15(20)10-17(9-14)21-18(25)7-6-16-12-24(23-22-16)11-13-4-2-1-3-5-13/h1-10,12H,11H2,(H,21,25)/b7-6+. The Morgan fingerprint density at radius 2 is 1.84 bits per heavy atom. The first-order valence-electron chi connectivity index (χ1n) is 7.48. The van der Waals surface area contributed by atoms with Gasteiger partial charge in [-0.3, -0.25) is 4.79 Å². The second-order valence-electron chi connectivity index (χ2n) is 5.31. The van der Waals surface area contributed by atoms with Crippen LogP contribution in [0, 0.1) is 0 Å². The van der Waals surface area contributed by atoms with Crippen molar-refractivity contribution in [3.05, 3.63) is 82.1 Å². The Bertz CT molecular complexity index is 886. The van der Waals surface area contributed by atoms with Crippen molar-refractivity contribution in [2.75, 3.05) is 5.32 Å². The number of halogens is 2. The van der Waals surface area contributed by atoms with Crippen LogP contribution < -0.4 is 5.32 Å². The van der Waals surface area contributed by atoms with E-state index in [0.717, 1.165) is 5.56 Å². The second-order valence-corrected chi connectivity index (χ2v) is 6.18. The maximum absolute atomic E-state index is 12.0. The molecule has 1 N–H and O–H groups in total. The van der Waals surface area contributed by atoms with Crippen LogP contribution >= 0.6 is 23.2 Å². The third-order valence-corrected chi connectivity index (χ3v) is 3.72. The summed E-state index contributed by atoms with van der Waals surface area (Å²) in [6.07, 6.45) is 4.74. The zero-order valence-corrected chi connectivity index (χ0v) is 14.6. The Morgan fingerprint density at radius 3 is 2.56 bits per heavy atom. The number of hydrogen-bond acceptors (Lipinski definition) is 3. The number of carbonyl (C=O) groups excluding carboxylic acids is 1. The van der Waals surface area contributed by atoms with Gasteiger partial charge in [0.15, 0.2) is 0 Å². The zero-order chi connectivity index (χ0) is 17.6. The molecule has 5 nitrogen and oxygen atoms in total. The SMILES string of the molecule is O=C(/C=C/c1cn(Cc2ccccc2)nn1)Nc1cc(Cl)cc(Cl)c1. The van der Waals surface area contributed by atoms with E-state index in [1.54, 1.807) is 35.2 Å². The first kappa shape index (κ1) is 17.2. The number of aromatic nitrogens is 3. The second kappa shape index (κ2) is 7.96. The molecule has 0 aliphatic rings. The molecular formula is C18H14Cl2N4O. The number of rotatable bonds is 5. The molecule has 0 radical (unpaired) electrons. The Labute approximate surface area is 154 Å². The Hall–Kier alpha value is -2.63. The molecule has 0 atom stereocenters. The lowest BCUT2D eigenvalue weighted by molar-refractivity contribution is -0.111. The predicted molar refractivity (Wildman–Crippen MR) is 99.7 cm³/mol. The number of nitrogens with zero attached hydrogens (tertiary/aromatic N) is 3. The minimum absolute atomic E-state index is 0.309. The summed E-state index contributed by atoms with van der Waals surface area (Å²) in [4.78, 5) is 12.0. The molecule has 0 spiro atoms. The average Bonchev–Trinajstić information content (AvgIpc) is 3.00. The van der Waals surface area contributed by atoms with Crippen LogP contribution in [0.1, 0.15) is 11.3 Å². The lowest BCUT2D eigenvalue weighted by atomic mass is 10.2. The van der Waals surface area contributed by atoms with E-state index in [1.807, 2.05) is 30.3 Å². The molecule has 0 aliphatic heterocycles. The quantitative estimate of drug-likeness (QED) is 0.679. The highest BCUT2D eigenvalue weighted by molar-refractivity contribution is 6.35. The molecule has 1 aromatic heterocycles. The number of amides is 1. The van der Waals surface area contributed by atoms with E-state index in [1.165, 1.54) is 6.08 Å². The minimum atomic E-state index is -0.309. The fourth-order valence-electron chi connectivity index (χ4n) is 2.21. The summed E-state index contributed by atoms with van der Waals surface area (Å²) >= 11 is 11.8. The van der Waals surface area contributed by atoms with E-state index >= 15 is 0 Å². The van der Waals surface area contributed by atoms with Crippen LogP contribution in [-0.2, 0) is 11.3 Å². The largest absolute Gasteiger partial charge is 0.322 e. The number of benzene rings is 2. The molecule has 1 heterocycles. The van der Waals surface area contributed by atoms with E-state index in [0.29, 0.717) is 28.0 Å². The molecule has 126 valence electrons. The smallest absolute Gasteiger partial charge is 0.248 e. The first-order valence-corrected chi connectivity index (χ1v) is 8.23. The molecular weight excluding hydrogens is 359 g/mol. The van der Waals surface area contributed by atoms with Crippen LogP contribution in [0.15, 0.2) is 60.8 Å². The van der Waals surface area contributed by atoms with E-state index < -0.39 is 0 Å². The van der Waals surface area contributed by atoms with Gasteiger partial charge in [0.2, 0.25) is 5.91 Å². The van der Waals surface area contributed by atoms with Crippen LogP contribution in [-0.4, -0.2) is 20.9 Å². The molecule has 0 aliphatic carbocycles. The third-order valence-electron chi connectivity index (χ3n) is 3.28. The maximum atomic E-state index is 12.0. The summed E-state index contributed by atoms with van der Waals surface area (Å²) < 4.78 is 1.71. The summed E-state index contributed by atoms with van der Waals surface area (Å²) in [5.74, 6) is -0.309. The summed E-state index contributed by atoms with van der Waals surface area (Å²) in [6, 6.07) is 14.8. The van der Waals surface area contributed by atoms with Crippen molar-refractivity contribution in [3.8, 4) is 0 Å². The predicted octanol–water partition coefficient (Wildman–Crippen LogP) is 4.29. The van der Waals surface area contributed by atoms with Gasteiger partial charge in [-0.25, -0.2) is 4.68 Å². The summed E-state index contributed by atoms with van der Waals surface area (Å²) in [5.41, 5.74) is 2.24. The molecule has 3 aromatic rings. The molecule has 0 bridgehead atoms. The molecule has 0 saturated heterocycles. The molecule has 1 amide bonds. The van der Waals surface area contributed by atoms with Gasteiger partial charge in [0, 0.05) is 21.8 Å². The van der Waals surface area contributed by atoms with E-state index in [4.69, 9.17) is 23.2 Å². The topological polar surface area (TPSA) is 59.8 Å². The number of carbonyl (C=O) groups is 1. The molecule has 7 heteroatoms. The maximum Gasteiger partial charge on any atom is 0.248 e. The molecule has 2 aromatic carbocycles. The van der Waals surface area contributed by atoms with Crippen LogP contribution in [0.5, 0.6) is 0 Å². The lowest BCUT2D eigenvalue weighted by Gasteiger charge is -2.03. The highest BCUT2D eigenvalue weighted by Crippen LogP contribution is 2.22. The van der Waals surface area contributed by atoms with Gasteiger partial charge in [0.1, 0.15) is 5.69 Å². The van der Waals surface area contributed by atoms with Crippen molar-refractivity contribution < 1.29 is 4.79 Å². The average molecular weight is 373 g/mol. The van der Waals surface area contributed by atoms with Gasteiger partial charge < -0.3 is 5.32 Å². The summed E-state index contributed by atoms with van der Waals surface area (Å²) in [5, 5.41) is 11.7. The Balaban J connectivity index is 1.61. The van der Waals surface area contributed by atoms with E-state index in [-0.39, 0.29) is 5.91 Å². The Kier molecular flexibility index (Phi) is 5.48. The van der Waals surface area contributed by atoms with Gasteiger partial charge in [-0.15, -0.1) is 5.10 Å². The lowest BCUT2D eigenvalue weighted by Crippen LogP contribution is -2.07. The van der Waals surface area contributed by atoms with Gasteiger partial charge in [0.05, 0.1) is 12.7 Å². The van der Waals surface area contributed by atoms with Crippen LogP contribution in [0.25, 0.3) is 6.08 Å². The fourth-order valence-corrected chi connectivity index (χ4v) is 2.73. The van der Waals surface area contributed by atoms with Gasteiger partial charge in [0.25, 0.3) is 0 Å². The molecule has 0 fully saturated rings. The highest BCUT2D eigenvalue weighted by Gasteiger charge is 2.03. The molecule has 0 saturated carbocycles. The van der Waals surface area contributed by atoms with Gasteiger partial charge in [-0.1, -0.05) is 58.7 Å². The van der Waals surface area contributed by atoms with E-state index in [9.17, 15) is 4.79 Å². The van der Waals surface area contributed by atoms with Crippen LogP contribution in [0.2, 0.25) is 10.0 Å². The van der Waals surface area contributed by atoms with Crippen LogP contribution in [0.4, 0.5) is 5.69 Å². The van der Waals surface area contributed by atoms with Gasteiger partial charge in [-0.2, -0.15) is 0 Å². The summed E-state index contributed by atoms with van der Waals surface area (Å²) in [7, 11) is 0. The van der Waals surface area contributed by atoms with Crippen molar-refractivity contribution in [2.45, 2.75) is 6.54 Å². The zero-order valence-electron chi connectivity index (χ0n) is 13.1. The minimum Gasteiger partial charge on any atom is -0.322 e. The monoisotopic (exact) mass is 372 g/mol. The van der Waals surface area contributed by atoms with Crippen molar-refractivity contribution in [1.29, 1.82) is 0 Å². The summed E-state index contributed by atoms with van der Waals surface area (Å²) in [6.45, 7) is 0.620. The van der Waals surface area contributed by atoms with Gasteiger partial charge >= 0.3 is 0 Å². The highest BCUT2D eigenvalue weighted by atomic mass is 35.5. The molecule has 0 unspecified atom stereocenters. The normalized spacial score (nSPS) is 11.0. The Morgan fingerprint density at radius 1 is 1.12 bits per heavy atom. The van der Waals surface area contributed by atoms with Crippen molar-refractivity contribution in [3.63, 3.8) is 0 Å². The fraction of sp³-hybridized carbons (Fsp3) is 0.0556. The molecule has 25 heavy (non-hydrogen) atoms. The van der Waals surface area contributed by atoms with Crippen molar-refractivity contribution in [2.24, 2.45) is 0 Å². The van der Waals surface area contributed by atoms with Crippen molar-refractivity contribution >= 4 is 40.9 Å². The van der Waals surface area contributed by atoms with Gasteiger partial charge in [-0.05, 0) is 29.8 Å². The number of anilines is 1. The number of hydrogen-bond donors (Lipinski definition) is 1. The third kappa shape index (κ3) is 5.17. The van der Waals surface area contributed by atoms with Crippen molar-refractivity contribution in [1.82, 2.24) is 15.0 Å². The van der Waals surface area contributed by atoms with Crippen LogP contribution in [0.3, 0.4) is 0 Å². The number of nitrogens with one attached hydrogen (secondary N) is 1. The van der Waals surface area contributed by atoms with E-state index in [2.05, 4.69) is 15.6 Å². The molecule has 3 rings (SSSR count).